The largest absolute Gasteiger partial charge is 0.338 e. The molecule has 1 aliphatic heterocycles. The summed E-state index contributed by atoms with van der Waals surface area (Å²) in [6.45, 7) is 2.72. The molecule has 0 radical (unpaired) electrons. The second-order valence-corrected chi connectivity index (χ2v) is 8.62. The maximum absolute atomic E-state index is 12.5. The van der Waals surface area contributed by atoms with Crippen LogP contribution in [0, 0.1) is 5.92 Å². The van der Waals surface area contributed by atoms with Crippen LogP contribution < -0.4 is 0 Å². The molecule has 0 atom stereocenters. The second-order valence-electron chi connectivity index (χ2n) is 6.90. The lowest BCUT2D eigenvalue weighted by Gasteiger charge is -2.32. The summed E-state index contributed by atoms with van der Waals surface area (Å²) in [5.41, 5.74) is 0. The van der Waals surface area contributed by atoms with Gasteiger partial charge in [0.05, 0.1) is 9.21 Å². The molecule has 24 heavy (non-hydrogen) atoms. The molecule has 0 unspecified atom stereocenters. The van der Waals surface area contributed by atoms with Gasteiger partial charge in [-0.2, -0.15) is 0 Å². The molecule has 6 heteroatoms. The number of aromatic nitrogens is 2. The zero-order valence-corrected chi connectivity index (χ0v) is 15.2. The Morgan fingerprint density at radius 3 is 2.67 bits per heavy atom. The first-order valence-electron chi connectivity index (χ1n) is 8.76. The van der Waals surface area contributed by atoms with E-state index in [-0.39, 0.29) is 5.91 Å². The summed E-state index contributed by atoms with van der Waals surface area (Å²) in [5.74, 6) is 2.63. The highest BCUT2D eigenvalue weighted by Gasteiger charge is 2.28. The van der Waals surface area contributed by atoms with Gasteiger partial charge in [-0.05, 0) is 43.7 Å². The molecule has 2 aromatic rings. The number of rotatable bonds is 4. The summed E-state index contributed by atoms with van der Waals surface area (Å²) >= 11 is 7.31. The molecule has 1 saturated carbocycles. The predicted octanol–water partition coefficient (Wildman–Crippen LogP) is 4.42. The molecule has 3 heterocycles. The smallest absolute Gasteiger partial charge is 0.263 e. The van der Waals surface area contributed by atoms with Crippen molar-refractivity contribution in [3.05, 3.63) is 39.6 Å². The first-order valence-corrected chi connectivity index (χ1v) is 9.96. The number of amides is 1. The number of carbonyl (C=O) groups excluding carboxylic acids is 1. The molecule has 1 aliphatic carbocycles. The van der Waals surface area contributed by atoms with Gasteiger partial charge in [0.1, 0.15) is 5.82 Å². The van der Waals surface area contributed by atoms with E-state index in [1.807, 2.05) is 17.2 Å². The summed E-state index contributed by atoms with van der Waals surface area (Å²) in [5, 5.41) is 0. The van der Waals surface area contributed by atoms with E-state index in [1.54, 1.807) is 6.07 Å². The summed E-state index contributed by atoms with van der Waals surface area (Å²) in [7, 11) is 0. The van der Waals surface area contributed by atoms with E-state index < -0.39 is 0 Å². The minimum absolute atomic E-state index is 0.114. The van der Waals surface area contributed by atoms with Gasteiger partial charge in [0, 0.05) is 37.9 Å². The van der Waals surface area contributed by atoms with Crippen molar-refractivity contribution in [3.63, 3.8) is 0 Å². The highest BCUT2D eigenvalue weighted by atomic mass is 35.5. The lowest BCUT2D eigenvalue weighted by molar-refractivity contribution is 0.0715. The second kappa shape index (κ2) is 6.89. The van der Waals surface area contributed by atoms with Crippen LogP contribution in [0.1, 0.15) is 53.5 Å². The average molecular weight is 364 g/mol. The number of piperidine rings is 1. The fraction of sp³-hybridized carbons (Fsp3) is 0.556. The first-order chi connectivity index (χ1) is 11.7. The molecule has 4 nitrogen and oxygen atoms in total. The molecule has 2 aliphatic rings. The Morgan fingerprint density at radius 2 is 2.04 bits per heavy atom. The highest BCUT2D eigenvalue weighted by Crippen LogP contribution is 2.32. The van der Waals surface area contributed by atoms with Gasteiger partial charge < -0.3 is 9.47 Å². The number of thiophene rings is 1. The van der Waals surface area contributed by atoms with Crippen LogP contribution in [-0.4, -0.2) is 33.4 Å². The quantitative estimate of drug-likeness (QED) is 0.806. The van der Waals surface area contributed by atoms with Crippen molar-refractivity contribution in [1.82, 2.24) is 14.5 Å². The van der Waals surface area contributed by atoms with Crippen molar-refractivity contribution < 1.29 is 4.79 Å². The standard InChI is InChI=1S/C18H22ClN3OS/c19-16-5-4-15(24-16)18(23)21-9-6-14(7-10-21)17-20-8-11-22(17)12-13-2-1-3-13/h4-5,8,11,13-14H,1-3,6-7,9-10,12H2. The molecule has 2 aromatic heterocycles. The molecule has 0 N–H and O–H groups in total. The van der Waals surface area contributed by atoms with Gasteiger partial charge in [0.2, 0.25) is 0 Å². The molecule has 0 aromatic carbocycles. The highest BCUT2D eigenvalue weighted by molar-refractivity contribution is 7.17. The van der Waals surface area contributed by atoms with E-state index in [1.165, 1.54) is 36.4 Å². The van der Waals surface area contributed by atoms with Crippen LogP contribution in [0.15, 0.2) is 24.5 Å². The van der Waals surface area contributed by atoms with Crippen LogP contribution in [0.3, 0.4) is 0 Å². The Balaban J connectivity index is 1.37. The molecule has 128 valence electrons. The van der Waals surface area contributed by atoms with E-state index in [0.29, 0.717) is 10.3 Å². The number of imidazole rings is 1. The van der Waals surface area contributed by atoms with E-state index in [9.17, 15) is 4.79 Å². The van der Waals surface area contributed by atoms with Gasteiger partial charge in [0.25, 0.3) is 5.91 Å². The van der Waals surface area contributed by atoms with E-state index in [2.05, 4.69) is 15.7 Å². The van der Waals surface area contributed by atoms with Crippen molar-refractivity contribution in [2.24, 2.45) is 5.92 Å². The molecule has 1 saturated heterocycles. The van der Waals surface area contributed by atoms with Gasteiger partial charge in [-0.25, -0.2) is 4.98 Å². The Hall–Kier alpha value is -1.33. The Morgan fingerprint density at radius 1 is 1.25 bits per heavy atom. The van der Waals surface area contributed by atoms with Crippen LogP contribution in [0.5, 0.6) is 0 Å². The lowest BCUT2D eigenvalue weighted by atomic mass is 9.85. The Labute approximate surface area is 151 Å². The fourth-order valence-electron chi connectivity index (χ4n) is 3.71. The molecule has 2 fully saturated rings. The van der Waals surface area contributed by atoms with Gasteiger partial charge in [-0.15, -0.1) is 11.3 Å². The third-order valence-electron chi connectivity index (χ3n) is 5.36. The third kappa shape index (κ3) is 3.24. The van der Waals surface area contributed by atoms with Crippen LogP contribution >= 0.6 is 22.9 Å². The molecule has 1 amide bonds. The summed E-state index contributed by atoms with van der Waals surface area (Å²) < 4.78 is 3.02. The monoisotopic (exact) mass is 363 g/mol. The fourth-order valence-corrected chi connectivity index (χ4v) is 4.73. The summed E-state index contributed by atoms with van der Waals surface area (Å²) in [6, 6.07) is 3.62. The van der Waals surface area contributed by atoms with E-state index in [4.69, 9.17) is 11.6 Å². The van der Waals surface area contributed by atoms with Crippen molar-refractivity contribution in [1.29, 1.82) is 0 Å². The normalized spacial score (nSPS) is 19.5. The number of hydrogen-bond donors (Lipinski definition) is 0. The number of halogens is 1. The van der Waals surface area contributed by atoms with Gasteiger partial charge in [-0.3, -0.25) is 4.79 Å². The van der Waals surface area contributed by atoms with E-state index in [0.717, 1.165) is 43.3 Å². The number of carbonyl (C=O) groups is 1. The van der Waals surface area contributed by atoms with E-state index >= 15 is 0 Å². The minimum Gasteiger partial charge on any atom is -0.338 e. The molecule has 0 spiro atoms. The van der Waals surface area contributed by atoms with Crippen LogP contribution in [0.2, 0.25) is 4.34 Å². The molecule has 0 bridgehead atoms. The molecular weight excluding hydrogens is 342 g/mol. The average Bonchev–Trinajstić information content (AvgIpc) is 3.19. The number of likely N-dealkylation sites (tertiary alicyclic amines) is 1. The van der Waals surface area contributed by atoms with Gasteiger partial charge >= 0.3 is 0 Å². The third-order valence-corrected chi connectivity index (χ3v) is 6.58. The van der Waals surface area contributed by atoms with Crippen molar-refractivity contribution >= 4 is 28.8 Å². The summed E-state index contributed by atoms with van der Waals surface area (Å²) in [6.07, 6.45) is 10.1. The van der Waals surface area contributed by atoms with Gasteiger partial charge in [-0.1, -0.05) is 18.0 Å². The van der Waals surface area contributed by atoms with Gasteiger partial charge in [0.15, 0.2) is 0 Å². The summed E-state index contributed by atoms with van der Waals surface area (Å²) in [4.78, 5) is 19.8. The Bertz CT molecular complexity index is 713. The molecular formula is C18H22ClN3OS. The lowest BCUT2D eigenvalue weighted by Crippen LogP contribution is -2.38. The molecule has 4 rings (SSSR count). The first kappa shape index (κ1) is 16.2. The maximum Gasteiger partial charge on any atom is 0.263 e. The number of nitrogens with zero attached hydrogens (tertiary/aromatic N) is 3. The number of hydrogen-bond acceptors (Lipinski definition) is 3. The minimum atomic E-state index is 0.114. The van der Waals surface area contributed by atoms with Crippen molar-refractivity contribution in [3.8, 4) is 0 Å². The topological polar surface area (TPSA) is 38.1 Å². The maximum atomic E-state index is 12.5. The predicted molar refractivity (Wildman–Crippen MR) is 96.8 cm³/mol. The Kier molecular flexibility index (Phi) is 4.63. The SMILES string of the molecule is O=C(c1ccc(Cl)s1)N1CCC(c2nccn2CC2CCC2)CC1. The van der Waals surface area contributed by atoms with Crippen molar-refractivity contribution in [2.45, 2.75) is 44.6 Å². The van der Waals surface area contributed by atoms with Crippen LogP contribution in [-0.2, 0) is 6.54 Å². The van der Waals surface area contributed by atoms with Crippen molar-refractivity contribution in [2.75, 3.05) is 13.1 Å². The van der Waals surface area contributed by atoms with Crippen LogP contribution in [0.4, 0.5) is 0 Å². The zero-order chi connectivity index (χ0) is 16.5. The van der Waals surface area contributed by atoms with Crippen LogP contribution in [0.25, 0.3) is 0 Å². The zero-order valence-electron chi connectivity index (χ0n) is 13.7.